The maximum absolute atomic E-state index is 5.45. The van der Waals surface area contributed by atoms with Crippen LogP contribution < -0.4 is 11.3 Å². The van der Waals surface area contributed by atoms with Gasteiger partial charge in [-0.2, -0.15) is 0 Å². The van der Waals surface area contributed by atoms with Crippen molar-refractivity contribution < 1.29 is 0 Å². The van der Waals surface area contributed by atoms with Crippen molar-refractivity contribution >= 4 is 0 Å². The topological polar surface area (TPSA) is 63.8 Å². The first kappa shape index (κ1) is 10.8. The molecular formula is C10H16N4. The quantitative estimate of drug-likeness (QED) is 0.420. The highest BCUT2D eigenvalue weighted by Crippen LogP contribution is 2.16. The van der Waals surface area contributed by atoms with Crippen LogP contribution in [0.5, 0.6) is 0 Å². The Hall–Kier alpha value is -1.26. The van der Waals surface area contributed by atoms with Gasteiger partial charge in [0.05, 0.1) is 11.7 Å². The van der Waals surface area contributed by atoms with Crippen LogP contribution in [0.4, 0.5) is 0 Å². The summed E-state index contributed by atoms with van der Waals surface area (Å²) in [5, 5.41) is 0. The number of nitrogens with two attached hydrogens (primary N) is 1. The molecule has 4 nitrogen and oxygen atoms in total. The van der Waals surface area contributed by atoms with Gasteiger partial charge in [-0.1, -0.05) is 5.57 Å². The van der Waals surface area contributed by atoms with Crippen LogP contribution in [0.25, 0.3) is 0 Å². The number of allylic oxidation sites excluding steroid dienone is 1. The molecular weight excluding hydrogens is 176 g/mol. The van der Waals surface area contributed by atoms with Gasteiger partial charge in [0.1, 0.15) is 6.33 Å². The first-order valence-corrected chi connectivity index (χ1v) is 4.60. The Labute approximate surface area is 84.2 Å². The first-order valence-electron chi connectivity index (χ1n) is 4.60. The lowest BCUT2D eigenvalue weighted by molar-refractivity contribution is 0.503. The lowest BCUT2D eigenvalue weighted by atomic mass is 10.1. The summed E-state index contributed by atoms with van der Waals surface area (Å²) in [5.41, 5.74) is 4.81. The fourth-order valence-electron chi connectivity index (χ4n) is 1.21. The average molecular weight is 192 g/mol. The molecule has 0 saturated carbocycles. The van der Waals surface area contributed by atoms with Gasteiger partial charge in [-0.3, -0.25) is 11.3 Å². The molecule has 14 heavy (non-hydrogen) atoms. The summed E-state index contributed by atoms with van der Waals surface area (Å²) in [7, 11) is 0. The zero-order valence-corrected chi connectivity index (χ0v) is 8.40. The van der Waals surface area contributed by atoms with Crippen LogP contribution in [0.3, 0.4) is 0 Å². The van der Waals surface area contributed by atoms with E-state index >= 15 is 0 Å². The van der Waals surface area contributed by atoms with Crippen molar-refractivity contribution in [1.29, 1.82) is 0 Å². The highest BCUT2D eigenvalue weighted by Gasteiger charge is 2.09. The van der Waals surface area contributed by atoms with Gasteiger partial charge in [0.15, 0.2) is 0 Å². The van der Waals surface area contributed by atoms with Gasteiger partial charge in [0.25, 0.3) is 0 Å². The third-order valence-corrected chi connectivity index (χ3v) is 2.02. The zero-order chi connectivity index (χ0) is 10.4. The van der Waals surface area contributed by atoms with E-state index in [1.54, 1.807) is 6.20 Å². The third-order valence-electron chi connectivity index (χ3n) is 2.02. The summed E-state index contributed by atoms with van der Waals surface area (Å²) in [4.78, 5) is 8.00. The second-order valence-corrected chi connectivity index (χ2v) is 3.35. The minimum absolute atomic E-state index is 0.0784. The van der Waals surface area contributed by atoms with Gasteiger partial charge < -0.3 is 0 Å². The van der Waals surface area contributed by atoms with Crippen LogP contribution in [0.1, 0.15) is 31.5 Å². The maximum atomic E-state index is 5.45. The second-order valence-electron chi connectivity index (χ2n) is 3.35. The van der Waals surface area contributed by atoms with Gasteiger partial charge in [-0.15, -0.1) is 6.58 Å². The monoisotopic (exact) mass is 192 g/mol. The fourth-order valence-corrected chi connectivity index (χ4v) is 1.21. The minimum atomic E-state index is 0.0784. The molecule has 4 heteroatoms. The van der Waals surface area contributed by atoms with Crippen molar-refractivity contribution in [3.63, 3.8) is 0 Å². The molecule has 0 spiro atoms. The van der Waals surface area contributed by atoms with Crippen LogP contribution in [0.15, 0.2) is 30.7 Å². The molecule has 0 radical (unpaired) electrons. The number of hydrogen-bond acceptors (Lipinski definition) is 4. The number of aromatic nitrogens is 2. The van der Waals surface area contributed by atoms with Gasteiger partial charge in [-0.05, 0) is 25.8 Å². The number of hydrogen-bond donors (Lipinski definition) is 2. The highest BCUT2D eigenvalue weighted by molar-refractivity contribution is 5.05. The molecule has 1 aromatic rings. The van der Waals surface area contributed by atoms with Crippen molar-refractivity contribution in [3.8, 4) is 0 Å². The van der Waals surface area contributed by atoms with Crippen LogP contribution >= 0.6 is 0 Å². The van der Waals surface area contributed by atoms with Crippen LogP contribution in [-0.4, -0.2) is 9.97 Å². The number of rotatable bonds is 5. The Bertz CT molecular complexity index is 283. The number of hydrazine groups is 1. The predicted molar refractivity (Wildman–Crippen MR) is 56.1 cm³/mol. The Kier molecular flexibility index (Phi) is 4.22. The molecule has 0 aliphatic heterocycles. The molecule has 0 aliphatic rings. The lowest BCUT2D eigenvalue weighted by Crippen LogP contribution is -2.28. The molecule has 0 saturated heterocycles. The second kappa shape index (κ2) is 5.47. The molecule has 0 aliphatic carbocycles. The predicted octanol–water partition coefficient (Wildman–Crippen LogP) is 1.34. The van der Waals surface area contributed by atoms with Crippen molar-refractivity contribution in [3.05, 3.63) is 36.4 Å². The normalized spacial score (nSPS) is 12.4. The van der Waals surface area contributed by atoms with Gasteiger partial charge in [0.2, 0.25) is 0 Å². The van der Waals surface area contributed by atoms with E-state index in [1.165, 1.54) is 6.33 Å². The van der Waals surface area contributed by atoms with E-state index in [0.717, 1.165) is 24.1 Å². The Morgan fingerprint density at radius 1 is 1.71 bits per heavy atom. The molecule has 1 rings (SSSR count). The van der Waals surface area contributed by atoms with E-state index in [1.807, 2.05) is 13.0 Å². The summed E-state index contributed by atoms with van der Waals surface area (Å²) in [6.07, 6.45) is 5.09. The maximum Gasteiger partial charge on any atom is 0.115 e. The van der Waals surface area contributed by atoms with Crippen LogP contribution in [-0.2, 0) is 0 Å². The molecule has 1 aromatic heterocycles. The largest absolute Gasteiger partial charge is 0.271 e. The van der Waals surface area contributed by atoms with Crippen molar-refractivity contribution in [2.45, 2.75) is 25.8 Å². The van der Waals surface area contributed by atoms with E-state index in [4.69, 9.17) is 5.84 Å². The van der Waals surface area contributed by atoms with Crippen molar-refractivity contribution in [2.24, 2.45) is 5.84 Å². The Balaban J connectivity index is 2.58. The number of nitrogens with one attached hydrogen (secondary N) is 1. The molecule has 1 atom stereocenters. The summed E-state index contributed by atoms with van der Waals surface area (Å²) in [5.74, 6) is 5.45. The zero-order valence-electron chi connectivity index (χ0n) is 8.40. The van der Waals surface area contributed by atoms with E-state index in [-0.39, 0.29) is 6.04 Å². The molecule has 1 heterocycles. The molecule has 3 N–H and O–H groups in total. The molecule has 76 valence electrons. The smallest absolute Gasteiger partial charge is 0.115 e. The molecule has 0 bridgehead atoms. The Morgan fingerprint density at radius 2 is 2.50 bits per heavy atom. The van der Waals surface area contributed by atoms with Gasteiger partial charge in [-0.25, -0.2) is 9.97 Å². The summed E-state index contributed by atoms with van der Waals surface area (Å²) in [6.45, 7) is 5.86. The third kappa shape index (κ3) is 3.24. The first-order chi connectivity index (χ1) is 6.74. The van der Waals surface area contributed by atoms with E-state index < -0.39 is 0 Å². The highest BCUT2D eigenvalue weighted by atomic mass is 15.2. The number of nitrogens with zero attached hydrogens (tertiary/aromatic N) is 2. The van der Waals surface area contributed by atoms with Crippen LogP contribution in [0.2, 0.25) is 0 Å². The van der Waals surface area contributed by atoms with Gasteiger partial charge >= 0.3 is 0 Å². The summed E-state index contributed by atoms with van der Waals surface area (Å²) < 4.78 is 0. The lowest BCUT2D eigenvalue weighted by Gasteiger charge is -2.14. The summed E-state index contributed by atoms with van der Waals surface area (Å²) >= 11 is 0. The molecule has 0 fully saturated rings. The van der Waals surface area contributed by atoms with Crippen LogP contribution in [0, 0.1) is 0 Å². The molecule has 1 unspecified atom stereocenters. The molecule has 0 aromatic carbocycles. The fraction of sp³-hybridized carbons (Fsp3) is 0.400. The Morgan fingerprint density at radius 3 is 3.00 bits per heavy atom. The van der Waals surface area contributed by atoms with E-state index in [9.17, 15) is 0 Å². The van der Waals surface area contributed by atoms with E-state index in [2.05, 4.69) is 22.0 Å². The van der Waals surface area contributed by atoms with E-state index in [0.29, 0.717) is 0 Å². The van der Waals surface area contributed by atoms with Crippen molar-refractivity contribution in [1.82, 2.24) is 15.4 Å². The summed E-state index contributed by atoms with van der Waals surface area (Å²) in [6, 6.07) is 1.94. The molecule has 0 amide bonds. The van der Waals surface area contributed by atoms with Crippen molar-refractivity contribution in [2.75, 3.05) is 0 Å². The average Bonchev–Trinajstić information content (AvgIpc) is 2.20. The SMILES string of the molecule is C=C(C)CCC(NN)c1ccncn1. The minimum Gasteiger partial charge on any atom is -0.271 e. The standard InChI is InChI=1S/C10H16N4/c1-8(2)3-4-10(14-11)9-5-6-12-7-13-9/h5-7,10,14H,1,3-4,11H2,2H3. The van der Waals surface area contributed by atoms with Gasteiger partial charge in [0, 0.05) is 6.20 Å².